The molecule has 0 saturated carbocycles. The molecule has 134 valence electrons. The van der Waals surface area contributed by atoms with E-state index in [4.69, 9.17) is 0 Å². The number of aromatic nitrogens is 2. The summed E-state index contributed by atoms with van der Waals surface area (Å²) in [6.45, 7) is 5.60. The summed E-state index contributed by atoms with van der Waals surface area (Å²) >= 11 is 0. The van der Waals surface area contributed by atoms with E-state index < -0.39 is 0 Å². The lowest BCUT2D eigenvalue weighted by molar-refractivity contribution is 0.136. The van der Waals surface area contributed by atoms with Crippen molar-refractivity contribution in [2.24, 2.45) is 5.92 Å². The zero-order valence-corrected chi connectivity index (χ0v) is 14.9. The van der Waals surface area contributed by atoms with Crippen LogP contribution in [0.25, 0.3) is 5.69 Å². The van der Waals surface area contributed by atoms with Crippen LogP contribution in [0.4, 0.5) is 4.79 Å². The van der Waals surface area contributed by atoms with Crippen LogP contribution >= 0.6 is 0 Å². The van der Waals surface area contributed by atoms with Crippen LogP contribution in [0.3, 0.4) is 0 Å². The number of carbonyl (C=O) groups excluding carboxylic acids is 1. The van der Waals surface area contributed by atoms with Gasteiger partial charge in [-0.05, 0) is 50.3 Å². The second kappa shape index (κ2) is 7.70. The van der Waals surface area contributed by atoms with Crippen LogP contribution in [0.1, 0.15) is 37.2 Å². The number of aliphatic hydroxyl groups excluding tert-OH is 1. The monoisotopic (exact) mass is 342 g/mol. The molecule has 1 aliphatic heterocycles. The fraction of sp³-hybridized carbons (Fsp3) is 0.474. The maximum Gasteiger partial charge on any atom is 0.317 e. The Morgan fingerprint density at radius 1 is 1.32 bits per heavy atom. The van der Waals surface area contributed by atoms with Crippen LogP contribution < -0.4 is 5.32 Å². The molecule has 0 unspecified atom stereocenters. The van der Waals surface area contributed by atoms with E-state index in [0.717, 1.165) is 29.9 Å². The highest BCUT2D eigenvalue weighted by Crippen LogP contribution is 2.19. The third-order valence-corrected chi connectivity index (χ3v) is 5.00. The summed E-state index contributed by atoms with van der Waals surface area (Å²) in [6, 6.07) is 8.08. The maximum absolute atomic E-state index is 12.4. The Kier molecular flexibility index (Phi) is 5.38. The molecule has 1 aromatic heterocycles. The minimum absolute atomic E-state index is 0.0292. The predicted molar refractivity (Wildman–Crippen MR) is 96.6 cm³/mol. The molecule has 25 heavy (non-hydrogen) atoms. The van der Waals surface area contributed by atoms with E-state index in [1.54, 1.807) is 6.20 Å². The van der Waals surface area contributed by atoms with Crippen molar-refractivity contribution < 1.29 is 9.90 Å². The number of imidazole rings is 1. The van der Waals surface area contributed by atoms with Gasteiger partial charge in [0.25, 0.3) is 0 Å². The second-order valence-electron chi connectivity index (χ2n) is 6.72. The average Bonchev–Trinajstić information content (AvgIpc) is 3.07. The predicted octanol–water partition coefficient (Wildman–Crippen LogP) is 2.66. The normalized spacial score (nSPS) is 16.7. The summed E-state index contributed by atoms with van der Waals surface area (Å²) in [5.74, 6) is 1.28. The molecule has 2 amide bonds. The van der Waals surface area contributed by atoms with Crippen molar-refractivity contribution in [3.05, 3.63) is 48.0 Å². The van der Waals surface area contributed by atoms with Gasteiger partial charge in [0.05, 0.1) is 6.04 Å². The van der Waals surface area contributed by atoms with Crippen molar-refractivity contribution >= 4 is 6.03 Å². The number of amides is 2. The second-order valence-corrected chi connectivity index (χ2v) is 6.72. The van der Waals surface area contributed by atoms with Gasteiger partial charge in [0.1, 0.15) is 5.82 Å². The molecule has 0 aliphatic carbocycles. The van der Waals surface area contributed by atoms with Crippen molar-refractivity contribution in [3.63, 3.8) is 0 Å². The van der Waals surface area contributed by atoms with E-state index in [-0.39, 0.29) is 18.7 Å². The molecule has 6 heteroatoms. The maximum atomic E-state index is 12.4. The summed E-state index contributed by atoms with van der Waals surface area (Å²) in [7, 11) is 0. The van der Waals surface area contributed by atoms with Crippen LogP contribution in [0.2, 0.25) is 0 Å². The van der Waals surface area contributed by atoms with Gasteiger partial charge in [0.15, 0.2) is 0 Å². The largest absolute Gasteiger partial charge is 0.396 e. The van der Waals surface area contributed by atoms with Crippen molar-refractivity contribution in [1.82, 2.24) is 19.8 Å². The van der Waals surface area contributed by atoms with Crippen LogP contribution in [0, 0.1) is 12.8 Å². The summed E-state index contributed by atoms with van der Waals surface area (Å²) in [5.41, 5.74) is 2.13. The Hall–Kier alpha value is -2.34. The average molecular weight is 342 g/mol. The Bertz CT molecular complexity index is 702. The molecular weight excluding hydrogens is 316 g/mol. The first-order chi connectivity index (χ1) is 12.1. The van der Waals surface area contributed by atoms with Crippen LogP contribution in [-0.4, -0.2) is 45.3 Å². The van der Waals surface area contributed by atoms with E-state index in [9.17, 15) is 9.90 Å². The Labute approximate surface area is 148 Å². The lowest BCUT2D eigenvalue weighted by Crippen LogP contribution is -2.45. The number of aliphatic hydroxyl groups is 1. The number of piperidine rings is 1. The van der Waals surface area contributed by atoms with Crippen molar-refractivity contribution in [2.45, 2.75) is 32.7 Å². The topological polar surface area (TPSA) is 70.4 Å². The van der Waals surface area contributed by atoms with E-state index in [1.165, 1.54) is 0 Å². The van der Waals surface area contributed by atoms with Crippen molar-refractivity contribution in [2.75, 3.05) is 19.7 Å². The number of nitrogens with zero attached hydrogens (tertiary/aromatic N) is 3. The Morgan fingerprint density at radius 2 is 2.00 bits per heavy atom. The Morgan fingerprint density at radius 3 is 2.56 bits per heavy atom. The summed E-state index contributed by atoms with van der Waals surface area (Å²) in [4.78, 5) is 18.5. The van der Waals surface area contributed by atoms with Gasteiger partial charge in [-0.2, -0.15) is 0 Å². The summed E-state index contributed by atoms with van der Waals surface area (Å²) in [5, 5.41) is 12.3. The molecular formula is C19H26N4O2. The smallest absolute Gasteiger partial charge is 0.317 e. The molecule has 1 saturated heterocycles. The van der Waals surface area contributed by atoms with E-state index in [0.29, 0.717) is 19.0 Å². The van der Waals surface area contributed by atoms with Crippen molar-refractivity contribution in [3.8, 4) is 5.69 Å². The lowest BCUT2D eigenvalue weighted by Gasteiger charge is -2.32. The molecule has 6 nitrogen and oxygen atoms in total. The minimum Gasteiger partial charge on any atom is -0.396 e. The number of benzene rings is 1. The number of carbonyl (C=O) groups is 1. The van der Waals surface area contributed by atoms with Gasteiger partial charge in [0, 0.05) is 37.8 Å². The van der Waals surface area contributed by atoms with E-state index >= 15 is 0 Å². The standard InChI is InChI=1S/C19H26N4O2/c1-14(21-19(25)22-10-7-16(13-24)8-11-22)17-3-5-18(6-4-17)23-12-9-20-15(23)2/h3-6,9,12,14,16,24H,7-8,10-11,13H2,1-2H3,(H,21,25)/t14-/m0/s1. The van der Waals surface area contributed by atoms with Gasteiger partial charge >= 0.3 is 6.03 Å². The first kappa shape index (κ1) is 17.5. The zero-order valence-electron chi connectivity index (χ0n) is 14.9. The third-order valence-electron chi connectivity index (χ3n) is 5.00. The molecule has 1 fully saturated rings. The number of aryl methyl sites for hydroxylation is 1. The zero-order chi connectivity index (χ0) is 17.8. The van der Waals surface area contributed by atoms with Gasteiger partial charge in [-0.15, -0.1) is 0 Å². The van der Waals surface area contributed by atoms with Crippen LogP contribution in [0.15, 0.2) is 36.7 Å². The SMILES string of the molecule is Cc1nccn1-c1ccc([C@H](C)NC(=O)N2CCC(CO)CC2)cc1. The van der Waals surface area contributed by atoms with Crippen molar-refractivity contribution in [1.29, 1.82) is 0 Å². The lowest BCUT2D eigenvalue weighted by atomic mass is 9.98. The number of hydrogen-bond acceptors (Lipinski definition) is 3. The number of nitrogens with one attached hydrogen (secondary N) is 1. The molecule has 3 rings (SSSR count). The quantitative estimate of drug-likeness (QED) is 0.897. The van der Waals surface area contributed by atoms with Gasteiger partial charge < -0.3 is 19.9 Å². The molecule has 1 atom stereocenters. The molecule has 0 spiro atoms. The van der Waals surface area contributed by atoms with E-state index in [2.05, 4.69) is 10.3 Å². The molecule has 0 radical (unpaired) electrons. The first-order valence-electron chi connectivity index (χ1n) is 8.85. The highest BCUT2D eigenvalue weighted by Gasteiger charge is 2.23. The van der Waals surface area contributed by atoms with Gasteiger partial charge in [-0.1, -0.05) is 12.1 Å². The number of hydrogen-bond donors (Lipinski definition) is 2. The highest BCUT2D eigenvalue weighted by atomic mass is 16.3. The van der Waals surface area contributed by atoms with Gasteiger partial charge in [0.2, 0.25) is 0 Å². The van der Waals surface area contributed by atoms with Gasteiger partial charge in [-0.3, -0.25) is 0 Å². The molecule has 1 aromatic carbocycles. The number of rotatable bonds is 4. The fourth-order valence-electron chi connectivity index (χ4n) is 3.25. The first-order valence-corrected chi connectivity index (χ1v) is 8.85. The van der Waals surface area contributed by atoms with Crippen LogP contribution in [-0.2, 0) is 0 Å². The van der Waals surface area contributed by atoms with Gasteiger partial charge in [-0.25, -0.2) is 9.78 Å². The molecule has 2 aromatic rings. The molecule has 1 aliphatic rings. The van der Waals surface area contributed by atoms with Crippen LogP contribution in [0.5, 0.6) is 0 Å². The number of likely N-dealkylation sites (tertiary alicyclic amines) is 1. The number of urea groups is 1. The third kappa shape index (κ3) is 4.02. The fourth-order valence-corrected chi connectivity index (χ4v) is 3.25. The summed E-state index contributed by atoms with van der Waals surface area (Å²) < 4.78 is 2.03. The molecule has 0 bridgehead atoms. The summed E-state index contributed by atoms with van der Waals surface area (Å²) in [6.07, 6.45) is 5.46. The molecule has 2 heterocycles. The Balaban J connectivity index is 1.59. The van der Waals surface area contributed by atoms with E-state index in [1.807, 2.05) is 53.8 Å². The minimum atomic E-state index is -0.0546. The highest BCUT2D eigenvalue weighted by molar-refractivity contribution is 5.74. The molecule has 2 N–H and O–H groups in total.